The molecule has 0 N–H and O–H groups in total. The number of para-hydroxylation sites is 3. The molecule has 0 bridgehead atoms. The van der Waals surface area contributed by atoms with Crippen molar-refractivity contribution in [1.82, 2.24) is 9.55 Å². The lowest BCUT2D eigenvalue weighted by atomic mass is 10.2. The molecule has 3 heteroatoms. The van der Waals surface area contributed by atoms with Crippen molar-refractivity contribution in [2.45, 2.75) is 13.8 Å². The van der Waals surface area contributed by atoms with Crippen molar-refractivity contribution in [1.29, 1.82) is 0 Å². The predicted molar refractivity (Wildman–Crippen MR) is 79.6 cm³/mol. The van der Waals surface area contributed by atoms with Crippen LogP contribution < -0.4 is 4.74 Å². The molecule has 0 fully saturated rings. The summed E-state index contributed by atoms with van der Waals surface area (Å²) in [4.78, 5) is 4.35. The van der Waals surface area contributed by atoms with Crippen LogP contribution in [0, 0.1) is 13.8 Å². The van der Waals surface area contributed by atoms with E-state index in [1.807, 2.05) is 72.4 Å². The van der Waals surface area contributed by atoms with Crippen LogP contribution >= 0.6 is 0 Å². The van der Waals surface area contributed by atoms with Gasteiger partial charge in [0.1, 0.15) is 5.75 Å². The average Bonchev–Trinajstić information content (AvgIpc) is 2.81. The van der Waals surface area contributed by atoms with Crippen LogP contribution in [0.4, 0.5) is 0 Å². The highest BCUT2D eigenvalue weighted by atomic mass is 16.5. The van der Waals surface area contributed by atoms with Crippen LogP contribution in [0.15, 0.2) is 60.9 Å². The molecule has 0 aliphatic rings. The highest BCUT2D eigenvalue weighted by Gasteiger charge is 2.10. The van der Waals surface area contributed by atoms with E-state index < -0.39 is 0 Å². The summed E-state index contributed by atoms with van der Waals surface area (Å²) in [7, 11) is 0. The molecule has 0 saturated heterocycles. The highest BCUT2D eigenvalue weighted by Crippen LogP contribution is 2.29. The van der Waals surface area contributed by atoms with Crippen molar-refractivity contribution >= 4 is 0 Å². The van der Waals surface area contributed by atoms with Crippen molar-refractivity contribution in [3.8, 4) is 17.2 Å². The summed E-state index contributed by atoms with van der Waals surface area (Å²) < 4.78 is 8.03. The van der Waals surface area contributed by atoms with Crippen molar-refractivity contribution in [2.75, 3.05) is 0 Å². The maximum atomic E-state index is 5.98. The predicted octanol–water partition coefficient (Wildman–Crippen LogP) is 4.28. The van der Waals surface area contributed by atoms with Gasteiger partial charge in [-0.25, -0.2) is 4.98 Å². The molecule has 20 heavy (non-hydrogen) atoms. The summed E-state index contributed by atoms with van der Waals surface area (Å²) in [6.45, 7) is 4.06. The molecule has 0 aliphatic heterocycles. The number of nitrogens with zero attached hydrogens (tertiary/aromatic N) is 2. The van der Waals surface area contributed by atoms with Crippen LogP contribution in [0.25, 0.3) is 5.69 Å². The van der Waals surface area contributed by atoms with Gasteiger partial charge in [0.15, 0.2) is 5.75 Å². The van der Waals surface area contributed by atoms with Crippen LogP contribution in [0.3, 0.4) is 0 Å². The smallest absolute Gasteiger partial charge is 0.151 e. The van der Waals surface area contributed by atoms with E-state index >= 15 is 0 Å². The third-order valence-corrected chi connectivity index (χ3v) is 3.35. The zero-order valence-electron chi connectivity index (χ0n) is 11.6. The number of hydrogen-bond donors (Lipinski definition) is 0. The van der Waals surface area contributed by atoms with Crippen molar-refractivity contribution < 1.29 is 4.74 Å². The van der Waals surface area contributed by atoms with Crippen LogP contribution in [0.1, 0.15) is 11.4 Å². The average molecular weight is 264 g/mol. The molecule has 1 aromatic heterocycles. The monoisotopic (exact) mass is 264 g/mol. The molecule has 3 aromatic rings. The molecule has 1 heterocycles. The zero-order chi connectivity index (χ0) is 13.9. The molecule has 0 aliphatic carbocycles. The van der Waals surface area contributed by atoms with Gasteiger partial charge < -0.3 is 4.74 Å². The van der Waals surface area contributed by atoms with E-state index in [4.69, 9.17) is 4.74 Å². The Hall–Kier alpha value is -2.55. The Morgan fingerprint density at radius 2 is 1.60 bits per heavy atom. The molecule has 0 radical (unpaired) electrons. The van der Waals surface area contributed by atoms with Crippen LogP contribution in [-0.2, 0) is 0 Å². The second kappa shape index (κ2) is 5.21. The number of ether oxygens (including phenoxy) is 1. The molecule has 3 rings (SSSR count). The quantitative estimate of drug-likeness (QED) is 0.706. The lowest BCUT2D eigenvalue weighted by molar-refractivity contribution is 0.479. The molecule has 0 atom stereocenters. The summed E-state index contributed by atoms with van der Waals surface area (Å²) in [6.07, 6.45) is 1.83. The molecule has 3 nitrogen and oxygen atoms in total. The minimum Gasteiger partial charge on any atom is -0.455 e. The van der Waals surface area contributed by atoms with Gasteiger partial charge in [0.05, 0.1) is 17.7 Å². The molecule has 0 amide bonds. The first-order valence-corrected chi connectivity index (χ1v) is 6.58. The van der Waals surface area contributed by atoms with Gasteiger partial charge in [-0.2, -0.15) is 0 Å². The van der Waals surface area contributed by atoms with E-state index in [9.17, 15) is 0 Å². The normalized spacial score (nSPS) is 10.5. The molecular weight excluding hydrogens is 248 g/mol. The van der Waals surface area contributed by atoms with Gasteiger partial charge in [-0.3, -0.25) is 4.57 Å². The fourth-order valence-electron chi connectivity index (χ4n) is 2.10. The number of hydrogen-bond acceptors (Lipinski definition) is 2. The third-order valence-electron chi connectivity index (χ3n) is 3.35. The Bertz CT molecular complexity index is 717. The number of benzene rings is 2. The second-order valence-corrected chi connectivity index (χ2v) is 4.67. The Balaban J connectivity index is 2.03. The van der Waals surface area contributed by atoms with Crippen molar-refractivity contribution in [3.63, 3.8) is 0 Å². The Kier molecular flexibility index (Phi) is 3.25. The number of imidazole rings is 1. The summed E-state index contributed by atoms with van der Waals surface area (Å²) in [5.74, 6) is 1.65. The maximum absolute atomic E-state index is 5.98. The molecular formula is C17H16N2O. The van der Waals surface area contributed by atoms with Gasteiger partial charge in [-0.1, -0.05) is 30.3 Å². The van der Waals surface area contributed by atoms with E-state index in [0.29, 0.717) is 0 Å². The van der Waals surface area contributed by atoms with Gasteiger partial charge in [0.25, 0.3) is 0 Å². The Labute approximate surface area is 118 Å². The number of aromatic nitrogens is 2. The summed E-state index contributed by atoms with van der Waals surface area (Å²) in [5, 5.41) is 0. The van der Waals surface area contributed by atoms with E-state index in [0.717, 1.165) is 28.6 Å². The van der Waals surface area contributed by atoms with Crippen molar-refractivity contribution in [2.24, 2.45) is 0 Å². The summed E-state index contributed by atoms with van der Waals surface area (Å²) >= 11 is 0. The van der Waals surface area contributed by atoms with Gasteiger partial charge in [-0.05, 0) is 38.1 Å². The Morgan fingerprint density at radius 3 is 2.30 bits per heavy atom. The number of rotatable bonds is 3. The highest BCUT2D eigenvalue weighted by molar-refractivity contribution is 5.49. The lowest BCUT2D eigenvalue weighted by Gasteiger charge is -2.13. The molecule has 0 spiro atoms. The van der Waals surface area contributed by atoms with Gasteiger partial charge in [-0.15, -0.1) is 0 Å². The van der Waals surface area contributed by atoms with Crippen molar-refractivity contribution in [3.05, 3.63) is 72.3 Å². The molecule has 2 aromatic carbocycles. The molecule has 0 unspecified atom stereocenters. The van der Waals surface area contributed by atoms with E-state index in [2.05, 4.69) is 11.9 Å². The van der Waals surface area contributed by atoms with E-state index in [-0.39, 0.29) is 0 Å². The minimum absolute atomic E-state index is 0.819. The SMILES string of the molecule is Cc1ncn(-c2ccccc2Oc2ccccc2)c1C. The standard InChI is InChI=1S/C17H16N2O/c1-13-14(2)19(12-18-13)16-10-6-7-11-17(16)20-15-8-4-3-5-9-15/h3-12H,1-2H3. The first kappa shape index (κ1) is 12.5. The largest absolute Gasteiger partial charge is 0.455 e. The summed E-state index contributed by atoms with van der Waals surface area (Å²) in [5.41, 5.74) is 3.14. The van der Waals surface area contributed by atoms with Gasteiger partial charge in [0, 0.05) is 5.69 Å². The lowest BCUT2D eigenvalue weighted by Crippen LogP contribution is -1.98. The first-order chi connectivity index (χ1) is 9.75. The fourth-order valence-corrected chi connectivity index (χ4v) is 2.10. The van der Waals surface area contributed by atoms with E-state index in [1.54, 1.807) is 0 Å². The van der Waals surface area contributed by atoms with Gasteiger partial charge in [0.2, 0.25) is 0 Å². The van der Waals surface area contributed by atoms with Crippen LogP contribution in [-0.4, -0.2) is 9.55 Å². The maximum Gasteiger partial charge on any atom is 0.151 e. The third kappa shape index (κ3) is 2.30. The zero-order valence-corrected chi connectivity index (χ0v) is 11.6. The fraction of sp³-hybridized carbons (Fsp3) is 0.118. The van der Waals surface area contributed by atoms with Gasteiger partial charge >= 0.3 is 0 Å². The number of aryl methyl sites for hydroxylation is 1. The minimum atomic E-state index is 0.819. The Morgan fingerprint density at radius 1 is 0.900 bits per heavy atom. The van der Waals surface area contributed by atoms with Crippen LogP contribution in [0.5, 0.6) is 11.5 Å². The van der Waals surface area contributed by atoms with Crippen LogP contribution in [0.2, 0.25) is 0 Å². The van der Waals surface area contributed by atoms with E-state index in [1.165, 1.54) is 0 Å². The molecule has 0 saturated carbocycles. The summed E-state index contributed by atoms with van der Waals surface area (Å²) in [6, 6.07) is 17.8. The first-order valence-electron chi connectivity index (χ1n) is 6.58. The second-order valence-electron chi connectivity index (χ2n) is 4.67. The molecule has 100 valence electrons. The topological polar surface area (TPSA) is 27.1 Å².